The van der Waals surface area contributed by atoms with Gasteiger partial charge in [-0.3, -0.25) is 0 Å². The van der Waals surface area contributed by atoms with Gasteiger partial charge in [-0.05, 0) is 48.2 Å². The van der Waals surface area contributed by atoms with Gasteiger partial charge in [-0.1, -0.05) is 24.6 Å². The van der Waals surface area contributed by atoms with E-state index < -0.39 is 0 Å². The highest BCUT2D eigenvalue weighted by atomic mass is 32.1. The minimum absolute atomic E-state index is 0.164. The fourth-order valence-electron chi connectivity index (χ4n) is 2.84. The molecule has 2 atom stereocenters. The predicted molar refractivity (Wildman–Crippen MR) is 79.0 cm³/mol. The number of fused-ring (bicyclic) bond motifs is 1. The van der Waals surface area contributed by atoms with Crippen LogP contribution in [-0.2, 0) is 0 Å². The Morgan fingerprint density at radius 1 is 1.33 bits per heavy atom. The summed E-state index contributed by atoms with van der Waals surface area (Å²) in [5, 5.41) is 7.16. The largest absolute Gasteiger partial charge is 0.324 e. The van der Waals surface area contributed by atoms with Crippen molar-refractivity contribution in [3.63, 3.8) is 0 Å². The van der Waals surface area contributed by atoms with Crippen LogP contribution in [0.3, 0.4) is 0 Å². The maximum absolute atomic E-state index is 6.40. The Morgan fingerprint density at radius 3 is 3.06 bits per heavy atom. The van der Waals surface area contributed by atoms with E-state index >= 15 is 0 Å². The van der Waals surface area contributed by atoms with Gasteiger partial charge < -0.3 is 11.1 Å². The third kappa shape index (κ3) is 2.44. The lowest BCUT2D eigenvalue weighted by Gasteiger charge is -2.26. The van der Waals surface area contributed by atoms with Gasteiger partial charge in [-0.2, -0.15) is 0 Å². The molecule has 2 unspecified atom stereocenters. The van der Waals surface area contributed by atoms with Crippen molar-refractivity contribution in [2.24, 2.45) is 5.73 Å². The molecule has 2 aromatic rings. The number of piperidine rings is 1. The first-order valence-corrected chi connectivity index (χ1v) is 7.67. The summed E-state index contributed by atoms with van der Waals surface area (Å²) in [6, 6.07) is 9.33. The molecule has 0 aliphatic carbocycles. The molecular formula is C15H20N2S. The molecule has 3 rings (SSSR count). The Morgan fingerprint density at radius 2 is 2.22 bits per heavy atom. The highest BCUT2D eigenvalue weighted by Crippen LogP contribution is 2.31. The van der Waals surface area contributed by atoms with Crippen molar-refractivity contribution in [1.29, 1.82) is 0 Å². The van der Waals surface area contributed by atoms with Crippen LogP contribution in [0.25, 0.3) is 10.1 Å². The van der Waals surface area contributed by atoms with Crippen molar-refractivity contribution in [2.75, 3.05) is 6.54 Å². The number of nitrogens with one attached hydrogen (secondary N) is 1. The van der Waals surface area contributed by atoms with E-state index in [1.807, 2.05) is 0 Å². The maximum Gasteiger partial charge on any atom is 0.0346 e. The van der Waals surface area contributed by atoms with Crippen LogP contribution >= 0.6 is 11.3 Å². The average molecular weight is 260 g/mol. The van der Waals surface area contributed by atoms with E-state index in [0.717, 1.165) is 13.0 Å². The van der Waals surface area contributed by atoms with E-state index in [4.69, 9.17) is 5.73 Å². The number of rotatable bonds is 3. The zero-order chi connectivity index (χ0) is 12.4. The van der Waals surface area contributed by atoms with Gasteiger partial charge in [0.1, 0.15) is 0 Å². The van der Waals surface area contributed by atoms with Crippen molar-refractivity contribution >= 4 is 21.4 Å². The lowest BCUT2D eigenvalue weighted by Crippen LogP contribution is -2.36. The Labute approximate surface area is 112 Å². The van der Waals surface area contributed by atoms with Crippen molar-refractivity contribution in [1.82, 2.24) is 5.32 Å². The van der Waals surface area contributed by atoms with Crippen LogP contribution in [0.2, 0.25) is 0 Å². The van der Waals surface area contributed by atoms with Crippen LogP contribution in [0.15, 0.2) is 29.6 Å². The molecule has 3 heteroatoms. The summed E-state index contributed by atoms with van der Waals surface area (Å²) in [5.41, 5.74) is 7.73. The molecule has 2 nitrogen and oxygen atoms in total. The van der Waals surface area contributed by atoms with Gasteiger partial charge in [0, 0.05) is 16.8 Å². The normalized spacial score (nSPS) is 22.2. The highest BCUT2D eigenvalue weighted by molar-refractivity contribution is 7.17. The second-order valence-corrected chi connectivity index (χ2v) is 6.09. The fourth-order valence-corrected chi connectivity index (χ4v) is 3.87. The van der Waals surface area contributed by atoms with Gasteiger partial charge in [-0.25, -0.2) is 0 Å². The summed E-state index contributed by atoms with van der Waals surface area (Å²) in [5.74, 6) is 0. The van der Waals surface area contributed by atoms with Crippen LogP contribution in [0.5, 0.6) is 0 Å². The van der Waals surface area contributed by atoms with Crippen LogP contribution in [0, 0.1) is 0 Å². The number of benzene rings is 1. The van der Waals surface area contributed by atoms with E-state index in [1.165, 1.54) is 34.9 Å². The van der Waals surface area contributed by atoms with E-state index in [9.17, 15) is 0 Å². The van der Waals surface area contributed by atoms with Gasteiger partial charge in [0.15, 0.2) is 0 Å². The van der Waals surface area contributed by atoms with Crippen LogP contribution in [0.4, 0.5) is 0 Å². The molecule has 1 saturated heterocycles. The van der Waals surface area contributed by atoms with Crippen molar-refractivity contribution in [3.8, 4) is 0 Å². The SMILES string of the molecule is NC(CC1CCCCN1)c1csc2ccccc12. The molecule has 1 aromatic carbocycles. The second-order valence-electron chi connectivity index (χ2n) is 5.18. The lowest BCUT2D eigenvalue weighted by atomic mass is 9.94. The maximum atomic E-state index is 6.40. The molecule has 96 valence electrons. The Hall–Kier alpha value is -0.900. The summed E-state index contributed by atoms with van der Waals surface area (Å²) in [7, 11) is 0. The van der Waals surface area contributed by atoms with Gasteiger partial charge in [0.05, 0.1) is 0 Å². The van der Waals surface area contributed by atoms with E-state index in [0.29, 0.717) is 6.04 Å². The molecule has 1 aliphatic rings. The fraction of sp³-hybridized carbons (Fsp3) is 0.467. The number of thiophene rings is 1. The summed E-state index contributed by atoms with van der Waals surface area (Å²) in [6.45, 7) is 1.15. The first-order valence-electron chi connectivity index (χ1n) is 6.79. The summed E-state index contributed by atoms with van der Waals surface area (Å²) in [6.07, 6.45) is 4.98. The summed E-state index contributed by atoms with van der Waals surface area (Å²) >= 11 is 1.80. The third-order valence-corrected chi connectivity index (χ3v) is 4.84. The van der Waals surface area contributed by atoms with Gasteiger partial charge in [0.25, 0.3) is 0 Å². The van der Waals surface area contributed by atoms with Gasteiger partial charge >= 0.3 is 0 Å². The smallest absolute Gasteiger partial charge is 0.0346 e. The van der Waals surface area contributed by atoms with Crippen LogP contribution in [-0.4, -0.2) is 12.6 Å². The molecule has 1 fully saturated rings. The number of hydrogen-bond acceptors (Lipinski definition) is 3. The van der Waals surface area contributed by atoms with E-state index in [1.54, 1.807) is 11.3 Å². The molecule has 1 aromatic heterocycles. The third-order valence-electron chi connectivity index (χ3n) is 3.86. The Kier molecular flexibility index (Phi) is 3.64. The number of hydrogen-bond donors (Lipinski definition) is 2. The molecule has 0 spiro atoms. The minimum atomic E-state index is 0.164. The Bertz CT molecular complexity index is 514. The molecule has 1 aliphatic heterocycles. The molecule has 0 saturated carbocycles. The van der Waals surface area contributed by atoms with E-state index in [-0.39, 0.29) is 6.04 Å². The first kappa shape index (κ1) is 12.2. The van der Waals surface area contributed by atoms with Gasteiger partial charge in [0.2, 0.25) is 0 Å². The van der Waals surface area contributed by atoms with Crippen molar-refractivity contribution in [3.05, 3.63) is 35.2 Å². The molecule has 0 radical (unpaired) electrons. The standard InChI is InChI=1S/C15H20N2S/c16-14(9-11-5-3-4-8-17-11)13-10-18-15-7-2-1-6-12(13)15/h1-2,6-7,10-11,14,17H,3-5,8-9,16H2. The second kappa shape index (κ2) is 5.39. The number of nitrogens with two attached hydrogens (primary N) is 1. The van der Waals surface area contributed by atoms with Crippen molar-refractivity contribution in [2.45, 2.75) is 37.8 Å². The predicted octanol–water partition coefficient (Wildman–Crippen LogP) is 3.43. The summed E-state index contributed by atoms with van der Waals surface area (Å²) in [4.78, 5) is 0. The summed E-state index contributed by atoms with van der Waals surface area (Å²) < 4.78 is 1.35. The zero-order valence-electron chi connectivity index (χ0n) is 10.6. The van der Waals surface area contributed by atoms with Crippen LogP contribution < -0.4 is 11.1 Å². The Balaban J connectivity index is 1.76. The molecule has 0 bridgehead atoms. The minimum Gasteiger partial charge on any atom is -0.324 e. The molecule has 0 amide bonds. The molecule has 3 N–H and O–H groups in total. The molecule has 18 heavy (non-hydrogen) atoms. The monoisotopic (exact) mass is 260 g/mol. The van der Waals surface area contributed by atoms with Crippen molar-refractivity contribution < 1.29 is 0 Å². The topological polar surface area (TPSA) is 38.0 Å². The average Bonchev–Trinajstić information content (AvgIpc) is 2.84. The first-order chi connectivity index (χ1) is 8.84. The molecular weight excluding hydrogens is 240 g/mol. The highest BCUT2D eigenvalue weighted by Gasteiger charge is 2.19. The zero-order valence-corrected chi connectivity index (χ0v) is 11.4. The van der Waals surface area contributed by atoms with E-state index in [2.05, 4.69) is 35.0 Å². The van der Waals surface area contributed by atoms with Gasteiger partial charge in [-0.15, -0.1) is 11.3 Å². The lowest BCUT2D eigenvalue weighted by molar-refractivity contribution is 0.363. The molecule has 2 heterocycles. The quantitative estimate of drug-likeness (QED) is 0.887. The van der Waals surface area contributed by atoms with Crippen LogP contribution in [0.1, 0.15) is 37.3 Å².